The molecule has 20 heavy (non-hydrogen) atoms. The van der Waals surface area contributed by atoms with Gasteiger partial charge in [0, 0.05) is 12.6 Å². The zero-order chi connectivity index (χ0) is 14.9. The van der Waals surface area contributed by atoms with E-state index in [0.717, 1.165) is 0 Å². The summed E-state index contributed by atoms with van der Waals surface area (Å²) in [6.45, 7) is 0. The lowest BCUT2D eigenvalue weighted by molar-refractivity contribution is 0.0992. The van der Waals surface area contributed by atoms with E-state index in [-0.39, 0.29) is 27.0 Å². The van der Waals surface area contributed by atoms with Gasteiger partial charge in [0.15, 0.2) is 0 Å². The number of hydrogen-bond acceptors (Lipinski definition) is 2. The van der Waals surface area contributed by atoms with Gasteiger partial charge in [-0.25, -0.2) is 4.39 Å². The number of carbonyl (C=O) groups is 1. The smallest absolute Gasteiger partial charge is 0.258 e. The molecule has 0 bridgehead atoms. The fourth-order valence-corrected chi connectivity index (χ4v) is 2.22. The van der Waals surface area contributed by atoms with Crippen molar-refractivity contribution in [1.82, 2.24) is 0 Å². The molecule has 0 saturated carbocycles. The Bertz CT molecular complexity index is 653. The monoisotopic (exact) mass is 312 g/mol. The Kier molecular flexibility index (Phi) is 4.16. The lowest BCUT2D eigenvalue weighted by atomic mass is 10.1. The van der Waals surface area contributed by atoms with Crippen LogP contribution in [-0.2, 0) is 0 Å². The molecule has 0 aliphatic heterocycles. The van der Waals surface area contributed by atoms with E-state index >= 15 is 0 Å². The van der Waals surface area contributed by atoms with Crippen molar-refractivity contribution < 1.29 is 9.18 Å². The normalized spacial score (nSPS) is 10.4. The Morgan fingerprint density at radius 1 is 1.20 bits per heavy atom. The van der Waals surface area contributed by atoms with Crippen LogP contribution in [0.1, 0.15) is 10.4 Å². The second-order valence-corrected chi connectivity index (χ2v) is 4.98. The van der Waals surface area contributed by atoms with Gasteiger partial charge in [0.05, 0.1) is 21.4 Å². The van der Waals surface area contributed by atoms with E-state index in [4.69, 9.17) is 28.9 Å². The van der Waals surface area contributed by atoms with Crippen LogP contribution in [0.2, 0.25) is 10.0 Å². The lowest BCUT2D eigenvalue weighted by Crippen LogP contribution is -2.27. The maximum atomic E-state index is 13.7. The predicted molar refractivity (Wildman–Crippen MR) is 80.0 cm³/mol. The van der Waals surface area contributed by atoms with E-state index < -0.39 is 11.7 Å². The SMILES string of the molecule is CN(C(=O)c1cc(Cl)c(N)c(Cl)c1)c1ccccc1F. The third-order valence-corrected chi connectivity index (χ3v) is 3.47. The van der Waals surface area contributed by atoms with Gasteiger partial charge in [-0.05, 0) is 24.3 Å². The van der Waals surface area contributed by atoms with E-state index in [9.17, 15) is 9.18 Å². The summed E-state index contributed by atoms with van der Waals surface area (Å²) >= 11 is 11.8. The molecule has 6 heteroatoms. The second kappa shape index (κ2) is 5.69. The second-order valence-electron chi connectivity index (χ2n) is 4.17. The first-order valence-electron chi connectivity index (χ1n) is 5.69. The Morgan fingerprint density at radius 3 is 2.30 bits per heavy atom. The van der Waals surface area contributed by atoms with Crippen LogP contribution in [-0.4, -0.2) is 13.0 Å². The zero-order valence-corrected chi connectivity index (χ0v) is 12.0. The number of nitrogens with zero attached hydrogens (tertiary/aromatic N) is 1. The number of carbonyl (C=O) groups excluding carboxylic acids is 1. The van der Waals surface area contributed by atoms with Gasteiger partial charge in [-0.3, -0.25) is 4.79 Å². The van der Waals surface area contributed by atoms with Crippen molar-refractivity contribution in [3.8, 4) is 0 Å². The number of benzene rings is 2. The van der Waals surface area contributed by atoms with Crippen molar-refractivity contribution in [1.29, 1.82) is 0 Å². The van der Waals surface area contributed by atoms with Crippen molar-refractivity contribution in [3.63, 3.8) is 0 Å². The van der Waals surface area contributed by atoms with Gasteiger partial charge in [0.25, 0.3) is 5.91 Å². The minimum atomic E-state index is -0.490. The van der Waals surface area contributed by atoms with Crippen LogP contribution in [0.5, 0.6) is 0 Å². The van der Waals surface area contributed by atoms with Crippen LogP contribution in [0.25, 0.3) is 0 Å². The molecule has 0 unspecified atom stereocenters. The Morgan fingerprint density at radius 2 is 1.75 bits per heavy atom. The highest BCUT2D eigenvalue weighted by molar-refractivity contribution is 6.39. The van der Waals surface area contributed by atoms with E-state index in [1.807, 2.05) is 0 Å². The summed E-state index contributed by atoms with van der Waals surface area (Å²) in [4.78, 5) is 13.5. The number of halogens is 3. The number of nitrogen functional groups attached to an aromatic ring is 1. The molecule has 0 spiro atoms. The van der Waals surface area contributed by atoms with Gasteiger partial charge in [-0.15, -0.1) is 0 Å². The maximum absolute atomic E-state index is 13.7. The molecular weight excluding hydrogens is 302 g/mol. The number of amides is 1. The Balaban J connectivity index is 2.39. The minimum Gasteiger partial charge on any atom is -0.396 e. The van der Waals surface area contributed by atoms with E-state index in [1.165, 1.54) is 36.2 Å². The van der Waals surface area contributed by atoms with Crippen molar-refractivity contribution in [2.24, 2.45) is 0 Å². The van der Waals surface area contributed by atoms with Crippen molar-refractivity contribution in [2.75, 3.05) is 17.7 Å². The van der Waals surface area contributed by atoms with Gasteiger partial charge in [0.2, 0.25) is 0 Å². The number of nitrogens with two attached hydrogens (primary N) is 1. The van der Waals surface area contributed by atoms with E-state index in [0.29, 0.717) is 0 Å². The third-order valence-electron chi connectivity index (χ3n) is 2.84. The molecule has 0 heterocycles. The molecule has 2 aromatic rings. The standard InChI is InChI=1S/C14H11Cl2FN2O/c1-19(12-5-3-2-4-11(12)17)14(20)8-6-9(15)13(18)10(16)7-8/h2-7H,18H2,1H3. The summed E-state index contributed by atoms with van der Waals surface area (Å²) in [7, 11) is 1.47. The summed E-state index contributed by atoms with van der Waals surface area (Å²) in [5.74, 6) is -0.921. The fraction of sp³-hybridized carbons (Fsp3) is 0.0714. The molecule has 0 saturated heterocycles. The first-order chi connectivity index (χ1) is 9.41. The van der Waals surface area contributed by atoms with Crippen LogP contribution in [0, 0.1) is 5.82 Å². The quantitative estimate of drug-likeness (QED) is 0.852. The highest BCUT2D eigenvalue weighted by atomic mass is 35.5. The lowest BCUT2D eigenvalue weighted by Gasteiger charge is -2.18. The van der Waals surface area contributed by atoms with E-state index in [2.05, 4.69) is 0 Å². The summed E-state index contributed by atoms with van der Waals surface area (Å²) in [5.41, 5.74) is 6.22. The van der Waals surface area contributed by atoms with Crippen LogP contribution in [0.4, 0.5) is 15.8 Å². The van der Waals surface area contributed by atoms with E-state index in [1.54, 1.807) is 12.1 Å². The van der Waals surface area contributed by atoms with Crippen LogP contribution >= 0.6 is 23.2 Å². The molecule has 0 aromatic heterocycles. The largest absolute Gasteiger partial charge is 0.396 e. The number of para-hydroxylation sites is 1. The molecule has 1 amide bonds. The average Bonchev–Trinajstić information content (AvgIpc) is 2.43. The van der Waals surface area contributed by atoms with Gasteiger partial charge < -0.3 is 10.6 Å². The molecule has 0 radical (unpaired) electrons. The van der Waals surface area contributed by atoms with Crippen molar-refractivity contribution in [3.05, 3.63) is 57.8 Å². The predicted octanol–water partition coefficient (Wildman–Crippen LogP) is 3.99. The third kappa shape index (κ3) is 2.71. The van der Waals surface area contributed by atoms with Crippen molar-refractivity contribution >= 4 is 40.5 Å². The molecule has 0 fully saturated rings. The Hall–Kier alpha value is -1.78. The molecule has 0 atom stereocenters. The topological polar surface area (TPSA) is 46.3 Å². The molecule has 2 aromatic carbocycles. The summed E-state index contributed by atoms with van der Waals surface area (Å²) < 4.78 is 13.7. The van der Waals surface area contributed by atoms with Crippen LogP contribution < -0.4 is 10.6 Å². The van der Waals surface area contributed by atoms with Crippen molar-refractivity contribution in [2.45, 2.75) is 0 Å². The molecule has 2 rings (SSSR count). The molecule has 104 valence electrons. The van der Waals surface area contributed by atoms with Gasteiger partial charge in [-0.1, -0.05) is 35.3 Å². The first-order valence-corrected chi connectivity index (χ1v) is 6.44. The average molecular weight is 313 g/mol. The Labute approximate surface area is 125 Å². The minimum absolute atomic E-state index is 0.168. The zero-order valence-electron chi connectivity index (χ0n) is 10.5. The highest BCUT2D eigenvalue weighted by Gasteiger charge is 2.18. The summed E-state index contributed by atoms with van der Waals surface area (Å²) in [6.07, 6.45) is 0. The summed E-state index contributed by atoms with van der Waals surface area (Å²) in [5, 5.41) is 0.366. The maximum Gasteiger partial charge on any atom is 0.258 e. The van der Waals surface area contributed by atoms with Crippen LogP contribution in [0.3, 0.4) is 0 Å². The highest BCUT2D eigenvalue weighted by Crippen LogP contribution is 2.30. The summed E-state index contributed by atoms with van der Waals surface area (Å²) in [6, 6.07) is 8.79. The molecular formula is C14H11Cl2FN2O. The molecule has 0 aliphatic rings. The fourth-order valence-electron chi connectivity index (χ4n) is 1.73. The van der Waals surface area contributed by atoms with Crippen LogP contribution in [0.15, 0.2) is 36.4 Å². The first kappa shape index (κ1) is 14.6. The molecule has 2 N–H and O–H groups in total. The number of anilines is 2. The molecule has 0 aliphatic carbocycles. The van der Waals surface area contributed by atoms with Gasteiger partial charge >= 0.3 is 0 Å². The molecule has 3 nitrogen and oxygen atoms in total. The van der Waals surface area contributed by atoms with Gasteiger partial charge in [0.1, 0.15) is 5.82 Å². The number of hydrogen-bond donors (Lipinski definition) is 1. The number of rotatable bonds is 2. The van der Waals surface area contributed by atoms with Gasteiger partial charge in [-0.2, -0.15) is 0 Å².